The van der Waals surface area contributed by atoms with Gasteiger partial charge in [0, 0.05) is 6.42 Å². The smallest absolute Gasteiger partial charge is 0.323 e. The van der Waals surface area contributed by atoms with Gasteiger partial charge >= 0.3 is 11.9 Å². The van der Waals surface area contributed by atoms with Crippen molar-refractivity contribution in [1.82, 2.24) is 0 Å². The van der Waals surface area contributed by atoms with E-state index in [0.29, 0.717) is 6.42 Å². The normalized spacial score (nSPS) is 11.0. The Balaban J connectivity index is 2.77. The first-order chi connectivity index (χ1) is 7.98. The van der Waals surface area contributed by atoms with Crippen molar-refractivity contribution in [2.45, 2.75) is 39.0 Å². The molecule has 0 unspecified atom stereocenters. The van der Waals surface area contributed by atoms with Crippen LogP contribution >= 0.6 is 0 Å². The zero-order valence-electron chi connectivity index (χ0n) is 10.5. The zero-order valence-corrected chi connectivity index (χ0v) is 10.5. The average Bonchev–Trinajstić information content (AvgIpc) is 2.30. The molecule has 0 amide bonds. The van der Waals surface area contributed by atoms with Gasteiger partial charge in [-0.1, -0.05) is 37.3 Å². The van der Waals surface area contributed by atoms with Gasteiger partial charge in [0.1, 0.15) is 0 Å². The minimum Gasteiger partial charge on any atom is -0.392 e. The van der Waals surface area contributed by atoms with Crippen LogP contribution in [0.1, 0.15) is 39.2 Å². The van der Waals surface area contributed by atoms with E-state index in [-0.39, 0.29) is 6.42 Å². The van der Waals surface area contributed by atoms with Crippen molar-refractivity contribution in [3.05, 3.63) is 35.9 Å². The summed E-state index contributed by atoms with van der Waals surface area (Å²) in [4.78, 5) is 23.2. The first kappa shape index (κ1) is 13.4. The molecule has 0 atom stereocenters. The van der Waals surface area contributed by atoms with E-state index in [1.807, 2.05) is 37.3 Å². The van der Waals surface area contributed by atoms with E-state index in [0.717, 1.165) is 5.56 Å². The maximum absolute atomic E-state index is 11.9. The summed E-state index contributed by atoms with van der Waals surface area (Å²) in [5.74, 6) is -0.955. The van der Waals surface area contributed by atoms with Crippen LogP contribution in [-0.2, 0) is 19.7 Å². The maximum Gasteiger partial charge on any atom is 0.323 e. The topological polar surface area (TPSA) is 43.4 Å². The molecule has 0 radical (unpaired) electrons. The Labute approximate surface area is 102 Å². The van der Waals surface area contributed by atoms with E-state index in [4.69, 9.17) is 4.74 Å². The van der Waals surface area contributed by atoms with Crippen LogP contribution in [-0.4, -0.2) is 11.9 Å². The van der Waals surface area contributed by atoms with Crippen LogP contribution in [0.15, 0.2) is 30.3 Å². The van der Waals surface area contributed by atoms with Crippen molar-refractivity contribution in [1.29, 1.82) is 0 Å². The molecule has 0 saturated heterocycles. The van der Waals surface area contributed by atoms with Crippen LogP contribution in [0.3, 0.4) is 0 Å². The quantitative estimate of drug-likeness (QED) is 0.594. The number of carbonyl (C=O) groups excluding carboxylic acids is 2. The number of hydrogen-bond donors (Lipinski definition) is 0. The Bertz CT molecular complexity index is 393. The summed E-state index contributed by atoms with van der Waals surface area (Å²) in [5.41, 5.74) is 0.0410. The molecule has 0 saturated carbocycles. The van der Waals surface area contributed by atoms with Crippen LogP contribution in [0, 0.1) is 0 Å². The Morgan fingerprint density at radius 3 is 2.29 bits per heavy atom. The first-order valence-corrected chi connectivity index (χ1v) is 5.79. The third-order valence-electron chi connectivity index (χ3n) is 2.67. The molecule has 17 heavy (non-hydrogen) atoms. The zero-order chi connectivity index (χ0) is 12.9. The maximum atomic E-state index is 11.9. The molecule has 1 aromatic rings. The molecule has 0 aliphatic rings. The van der Waals surface area contributed by atoms with Gasteiger partial charge in [0.25, 0.3) is 0 Å². The molecule has 0 heterocycles. The lowest BCUT2D eigenvalue weighted by molar-refractivity contribution is -0.163. The van der Waals surface area contributed by atoms with Gasteiger partial charge in [0.05, 0.1) is 5.41 Å². The minimum absolute atomic E-state index is 0.274. The monoisotopic (exact) mass is 234 g/mol. The van der Waals surface area contributed by atoms with Gasteiger partial charge < -0.3 is 4.74 Å². The van der Waals surface area contributed by atoms with Gasteiger partial charge in [0.2, 0.25) is 0 Å². The van der Waals surface area contributed by atoms with Crippen molar-refractivity contribution in [2.24, 2.45) is 0 Å². The summed E-state index contributed by atoms with van der Waals surface area (Å²) in [6, 6.07) is 9.31. The van der Waals surface area contributed by atoms with E-state index < -0.39 is 17.4 Å². The molecule has 0 bridgehead atoms. The summed E-state index contributed by atoms with van der Waals surface area (Å²) in [5, 5.41) is 0. The highest BCUT2D eigenvalue weighted by Crippen LogP contribution is 2.24. The molecule has 0 aliphatic carbocycles. The highest BCUT2D eigenvalue weighted by atomic mass is 16.6. The summed E-state index contributed by atoms with van der Waals surface area (Å²) in [6.07, 6.45) is 0.953. The van der Waals surface area contributed by atoms with Crippen LogP contribution in [0.4, 0.5) is 0 Å². The number of hydrogen-bond acceptors (Lipinski definition) is 3. The van der Waals surface area contributed by atoms with Crippen molar-refractivity contribution in [2.75, 3.05) is 0 Å². The number of ether oxygens (including phenoxy) is 1. The fraction of sp³-hybridized carbons (Fsp3) is 0.429. The van der Waals surface area contributed by atoms with Crippen LogP contribution < -0.4 is 0 Å². The summed E-state index contributed by atoms with van der Waals surface area (Å²) in [7, 11) is 0. The average molecular weight is 234 g/mol. The fourth-order valence-corrected chi connectivity index (χ4v) is 1.46. The molecule has 3 nitrogen and oxygen atoms in total. The lowest BCUT2D eigenvalue weighted by Gasteiger charge is -2.22. The number of esters is 2. The number of rotatable bonds is 4. The number of carbonyl (C=O) groups is 2. The van der Waals surface area contributed by atoms with E-state index in [2.05, 4.69) is 0 Å². The Hall–Kier alpha value is -1.64. The van der Waals surface area contributed by atoms with Crippen molar-refractivity contribution < 1.29 is 14.3 Å². The van der Waals surface area contributed by atoms with Crippen molar-refractivity contribution >= 4 is 11.9 Å². The molecule has 1 aromatic carbocycles. The van der Waals surface area contributed by atoms with Gasteiger partial charge in [-0.15, -0.1) is 0 Å². The Morgan fingerprint density at radius 2 is 1.76 bits per heavy atom. The highest BCUT2D eigenvalue weighted by molar-refractivity contribution is 5.91. The van der Waals surface area contributed by atoms with Crippen LogP contribution in [0.5, 0.6) is 0 Å². The second-order valence-corrected chi connectivity index (χ2v) is 4.50. The second kappa shape index (κ2) is 5.62. The standard InChI is InChI=1S/C14H18O3/c1-4-8-12(15)17-13(16)14(2,3)11-9-6-5-7-10-11/h5-7,9-10H,4,8H2,1-3H3. The molecule has 0 fully saturated rings. The van der Waals surface area contributed by atoms with Crippen molar-refractivity contribution in [3.63, 3.8) is 0 Å². The largest absolute Gasteiger partial charge is 0.392 e. The molecule has 0 aliphatic heterocycles. The van der Waals surface area contributed by atoms with Crippen LogP contribution in [0.25, 0.3) is 0 Å². The van der Waals surface area contributed by atoms with E-state index >= 15 is 0 Å². The summed E-state index contributed by atoms with van der Waals surface area (Å²) < 4.78 is 4.83. The predicted octanol–water partition coefficient (Wildman–Crippen LogP) is 2.83. The Morgan fingerprint density at radius 1 is 1.18 bits per heavy atom. The minimum atomic E-state index is -0.801. The van der Waals surface area contributed by atoms with Gasteiger partial charge in [-0.2, -0.15) is 0 Å². The van der Waals surface area contributed by atoms with Crippen LogP contribution in [0.2, 0.25) is 0 Å². The van der Waals surface area contributed by atoms with Crippen molar-refractivity contribution in [3.8, 4) is 0 Å². The first-order valence-electron chi connectivity index (χ1n) is 5.79. The predicted molar refractivity (Wildman–Crippen MR) is 65.5 cm³/mol. The van der Waals surface area contributed by atoms with Gasteiger partial charge in [-0.05, 0) is 25.8 Å². The SMILES string of the molecule is CCCC(=O)OC(=O)C(C)(C)c1ccccc1. The summed E-state index contributed by atoms with van der Waals surface area (Å²) in [6.45, 7) is 5.38. The highest BCUT2D eigenvalue weighted by Gasteiger charge is 2.32. The lowest BCUT2D eigenvalue weighted by Crippen LogP contribution is -2.32. The van der Waals surface area contributed by atoms with Gasteiger partial charge in [0.15, 0.2) is 0 Å². The van der Waals surface area contributed by atoms with E-state index in [9.17, 15) is 9.59 Å². The summed E-state index contributed by atoms with van der Waals surface area (Å²) >= 11 is 0. The van der Waals surface area contributed by atoms with E-state index in [1.165, 1.54) is 0 Å². The fourth-order valence-electron chi connectivity index (χ4n) is 1.46. The molecule has 0 aromatic heterocycles. The molecule has 0 spiro atoms. The number of benzene rings is 1. The Kier molecular flexibility index (Phi) is 4.44. The third-order valence-corrected chi connectivity index (χ3v) is 2.67. The van der Waals surface area contributed by atoms with Gasteiger partial charge in [-0.3, -0.25) is 9.59 Å². The lowest BCUT2D eigenvalue weighted by atomic mass is 9.85. The third kappa shape index (κ3) is 3.41. The second-order valence-electron chi connectivity index (χ2n) is 4.50. The van der Waals surface area contributed by atoms with Gasteiger partial charge in [-0.25, -0.2) is 0 Å². The molecule has 3 heteroatoms. The molecular weight excluding hydrogens is 216 g/mol. The van der Waals surface area contributed by atoms with E-state index in [1.54, 1.807) is 13.8 Å². The molecule has 92 valence electrons. The molecular formula is C14H18O3. The molecule has 1 rings (SSSR count). The molecule has 0 N–H and O–H groups in total.